The third kappa shape index (κ3) is 5.60. The smallest absolute Gasteiger partial charge is 0.194 e. The van der Waals surface area contributed by atoms with E-state index in [0.29, 0.717) is 11.5 Å². The van der Waals surface area contributed by atoms with Crippen molar-refractivity contribution in [2.24, 2.45) is 0 Å². The molecule has 4 heteroatoms. The summed E-state index contributed by atoms with van der Waals surface area (Å²) < 4.78 is 15.3. The van der Waals surface area contributed by atoms with Crippen LogP contribution in [0.1, 0.15) is 25.0 Å². The fourth-order valence-electron chi connectivity index (χ4n) is 9.62. The van der Waals surface area contributed by atoms with E-state index in [4.69, 9.17) is 9.47 Å². The zero-order chi connectivity index (χ0) is 40.7. The second-order valence-corrected chi connectivity index (χ2v) is 16.5. The van der Waals surface area contributed by atoms with Gasteiger partial charge in [0, 0.05) is 38.9 Å². The molecule has 0 spiro atoms. The molecule has 0 radical (unpaired) electrons. The summed E-state index contributed by atoms with van der Waals surface area (Å²) in [4.78, 5) is 2.39. The van der Waals surface area contributed by atoms with E-state index in [-0.39, 0.29) is 5.41 Å². The summed E-state index contributed by atoms with van der Waals surface area (Å²) >= 11 is 0. The predicted molar refractivity (Wildman–Crippen MR) is 250 cm³/mol. The van der Waals surface area contributed by atoms with Crippen LogP contribution in [0.25, 0.3) is 60.9 Å². The van der Waals surface area contributed by atoms with Crippen LogP contribution < -0.4 is 14.4 Å². The lowest BCUT2D eigenvalue weighted by Gasteiger charge is -2.28. The number of hydrogen-bond donors (Lipinski definition) is 0. The van der Waals surface area contributed by atoms with E-state index in [1.165, 1.54) is 33.4 Å². The molecule has 0 atom stereocenters. The highest BCUT2D eigenvalue weighted by atomic mass is 16.6. The standard InChI is InChI=1S/C57H40N2O2/c1-57(2)49-18-10-9-17-45(49)46-32-30-44(36-50(46)57)58(42-26-21-38(22-27-42)37-13-5-3-6-14-37)43-28-23-39(24-29-43)40-25-31-47-48-33-34-54-56(61-53-20-12-11-19-52(53)60-54)55(48)59(51(47)35-40)41-15-7-4-8-16-41/h3-36H,1-2H3. The van der Waals surface area contributed by atoms with Crippen molar-refractivity contribution in [1.29, 1.82) is 0 Å². The van der Waals surface area contributed by atoms with Crippen LogP contribution in [-0.2, 0) is 5.41 Å². The van der Waals surface area contributed by atoms with E-state index in [1.54, 1.807) is 0 Å². The fraction of sp³-hybridized carbons (Fsp3) is 0.0526. The second kappa shape index (κ2) is 13.6. The number of fused-ring (bicyclic) bond motifs is 9. The number of rotatable bonds is 6. The van der Waals surface area contributed by atoms with Gasteiger partial charge in [-0.15, -0.1) is 0 Å². The molecule has 0 N–H and O–H groups in total. The van der Waals surface area contributed by atoms with Gasteiger partial charge in [0.25, 0.3) is 0 Å². The quantitative estimate of drug-likeness (QED) is 0.168. The van der Waals surface area contributed by atoms with E-state index in [9.17, 15) is 0 Å². The van der Waals surface area contributed by atoms with Gasteiger partial charge in [-0.25, -0.2) is 0 Å². The lowest BCUT2D eigenvalue weighted by molar-refractivity contribution is 0.362. The number of anilines is 3. The Hall–Kier alpha value is -7.82. The molecule has 10 aromatic rings. The van der Waals surface area contributed by atoms with Gasteiger partial charge in [0.1, 0.15) is 5.52 Å². The van der Waals surface area contributed by atoms with E-state index >= 15 is 0 Å². The molecular weight excluding hydrogens is 745 g/mol. The van der Waals surface area contributed by atoms with Gasteiger partial charge in [-0.05, 0) is 123 Å². The molecule has 2 heterocycles. The van der Waals surface area contributed by atoms with Crippen molar-refractivity contribution in [3.8, 4) is 62.1 Å². The molecule has 1 aromatic heterocycles. The van der Waals surface area contributed by atoms with Crippen LogP contribution in [0.4, 0.5) is 17.1 Å². The maximum atomic E-state index is 6.64. The van der Waals surface area contributed by atoms with Crippen molar-refractivity contribution in [3.63, 3.8) is 0 Å². The Morgan fingerprint density at radius 1 is 0.410 bits per heavy atom. The third-order valence-electron chi connectivity index (χ3n) is 12.7. The highest BCUT2D eigenvalue weighted by molar-refractivity contribution is 6.13. The van der Waals surface area contributed by atoms with Crippen molar-refractivity contribution in [2.45, 2.75) is 19.3 Å². The second-order valence-electron chi connectivity index (χ2n) is 16.5. The van der Waals surface area contributed by atoms with Crippen molar-refractivity contribution in [2.75, 3.05) is 4.90 Å². The number of benzene rings is 9. The van der Waals surface area contributed by atoms with E-state index in [1.807, 2.05) is 30.3 Å². The first kappa shape index (κ1) is 35.2. The van der Waals surface area contributed by atoms with Gasteiger partial charge in [-0.3, -0.25) is 0 Å². The summed E-state index contributed by atoms with van der Waals surface area (Å²) in [5.41, 5.74) is 16.4. The Morgan fingerprint density at radius 3 is 1.70 bits per heavy atom. The van der Waals surface area contributed by atoms with E-state index in [2.05, 4.69) is 199 Å². The van der Waals surface area contributed by atoms with Crippen molar-refractivity contribution >= 4 is 38.9 Å². The first-order valence-corrected chi connectivity index (χ1v) is 20.9. The Bertz CT molecular complexity index is 3310. The fourth-order valence-corrected chi connectivity index (χ4v) is 9.62. The molecule has 0 fully saturated rings. The summed E-state index contributed by atoms with van der Waals surface area (Å²) in [5.74, 6) is 2.86. The molecule has 2 aliphatic rings. The molecule has 0 saturated heterocycles. The lowest BCUT2D eigenvalue weighted by atomic mass is 9.82. The molecule has 61 heavy (non-hydrogen) atoms. The average molecular weight is 785 g/mol. The van der Waals surface area contributed by atoms with Crippen LogP contribution in [0.2, 0.25) is 0 Å². The van der Waals surface area contributed by atoms with Crippen LogP contribution in [0.5, 0.6) is 23.0 Å². The molecule has 0 saturated carbocycles. The summed E-state index contributed by atoms with van der Waals surface area (Å²) in [6.45, 7) is 4.69. The minimum atomic E-state index is -0.113. The lowest BCUT2D eigenvalue weighted by Crippen LogP contribution is -2.16. The van der Waals surface area contributed by atoms with Crippen LogP contribution in [0.3, 0.4) is 0 Å². The van der Waals surface area contributed by atoms with Crippen LogP contribution >= 0.6 is 0 Å². The normalized spacial score (nSPS) is 13.1. The number of para-hydroxylation sites is 3. The number of ether oxygens (including phenoxy) is 2. The average Bonchev–Trinajstić information content (AvgIpc) is 3.77. The van der Waals surface area contributed by atoms with E-state index < -0.39 is 0 Å². The number of aromatic nitrogens is 1. The third-order valence-corrected chi connectivity index (χ3v) is 12.7. The van der Waals surface area contributed by atoms with Crippen LogP contribution in [-0.4, -0.2) is 4.57 Å². The SMILES string of the molecule is CC1(C)c2ccccc2-c2ccc(N(c3ccc(-c4ccccc4)cc3)c3ccc(-c4ccc5c6ccc7c(c6n(-c6ccccc6)c5c4)Oc4ccccc4O7)cc3)cc21. The Kier molecular flexibility index (Phi) is 7.85. The maximum Gasteiger partial charge on any atom is 0.194 e. The minimum Gasteiger partial charge on any atom is -0.449 e. The Balaban J connectivity index is 0.972. The molecule has 1 aliphatic heterocycles. The van der Waals surface area contributed by atoms with Gasteiger partial charge in [0.2, 0.25) is 0 Å². The van der Waals surface area contributed by atoms with Crippen molar-refractivity contribution < 1.29 is 9.47 Å². The molecule has 0 unspecified atom stereocenters. The van der Waals surface area contributed by atoms with Crippen LogP contribution in [0.15, 0.2) is 206 Å². The zero-order valence-electron chi connectivity index (χ0n) is 33.8. The number of hydrogen-bond acceptors (Lipinski definition) is 3. The van der Waals surface area contributed by atoms with Gasteiger partial charge >= 0.3 is 0 Å². The summed E-state index contributed by atoms with van der Waals surface area (Å²) in [7, 11) is 0. The molecule has 1 aliphatic carbocycles. The molecule has 0 bridgehead atoms. The molecule has 0 amide bonds. The summed E-state index contributed by atoms with van der Waals surface area (Å²) in [5, 5.41) is 2.26. The topological polar surface area (TPSA) is 26.6 Å². The number of nitrogens with zero attached hydrogens (tertiary/aromatic N) is 2. The van der Waals surface area contributed by atoms with Gasteiger partial charge in [0.15, 0.2) is 23.0 Å². The predicted octanol–water partition coefficient (Wildman–Crippen LogP) is 15.8. The summed E-state index contributed by atoms with van der Waals surface area (Å²) in [6.07, 6.45) is 0. The molecule has 290 valence electrons. The molecule has 12 rings (SSSR count). The van der Waals surface area contributed by atoms with Gasteiger partial charge in [-0.1, -0.05) is 141 Å². The Labute approximate surface area is 355 Å². The van der Waals surface area contributed by atoms with Gasteiger partial charge in [-0.2, -0.15) is 0 Å². The highest BCUT2D eigenvalue weighted by Crippen LogP contribution is 2.52. The largest absolute Gasteiger partial charge is 0.449 e. The summed E-state index contributed by atoms with van der Waals surface area (Å²) in [6, 6.07) is 73.7. The molecule has 4 nitrogen and oxygen atoms in total. The van der Waals surface area contributed by atoms with Crippen molar-refractivity contribution in [3.05, 3.63) is 217 Å². The van der Waals surface area contributed by atoms with Crippen molar-refractivity contribution in [1.82, 2.24) is 4.57 Å². The highest BCUT2D eigenvalue weighted by Gasteiger charge is 2.36. The molecule has 9 aromatic carbocycles. The van der Waals surface area contributed by atoms with Gasteiger partial charge in [0.05, 0.1) is 5.52 Å². The van der Waals surface area contributed by atoms with Gasteiger partial charge < -0.3 is 18.9 Å². The molecular formula is C57H40N2O2. The first-order chi connectivity index (χ1) is 30.0. The van der Waals surface area contributed by atoms with E-state index in [0.717, 1.165) is 67.2 Å². The zero-order valence-corrected chi connectivity index (χ0v) is 33.8. The Morgan fingerprint density at radius 2 is 0.967 bits per heavy atom. The monoisotopic (exact) mass is 784 g/mol. The maximum absolute atomic E-state index is 6.64. The van der Waals surface area contributed by atoms with Crippen LogP contribution in [0, 0.1) is 0 Å². The minimum absolute atomic E-state index is 0.113. The first-order valence-electron chi connectivity index (χ1n) is 20.9.